The Balaban J connectivity index is 1.95. The van der Waals surface area contributed by atoms with Gasteiger partial charge in [0.05, 0.1) is 16.8 Å². The number of amides is 1. The van der Waals surface area contributed by atoms with Crippen LogP contribution in [-0.4, -0.2) is 22.8 Å². The number of nitrogens with one attached hydrogen (secondary N) is 1. The number of carbonyl (C=O) groups is 3. The zero-order valence-electron chi connectivity index (χ0n) is 14.3. The van der Waals surface area contributed by atoms with Crippen LogP contribution in [0.5, 0.6) is 0 Å². The van der Waals surface area contributed by atoms with Crippen LogP contribution in [0, 0.1) is 12.3 Å². The van der Waals surface area contributed by atoms with E-state index in [1.807, 2.05) is 13.8 Å². The number of carboxylic acid groups (broad SMARTS) is 1. The van der Waals surface area contributed by atoms with Gasteiger partial charge in [-0.25, -0.2) is 4.79 Å². The van der Waals surface area contributed by atoms with Crippen molar-refractivity contribution < 1.29 is 23.9 Å². The summed E-state index contributed by atoms with van der Waals surface area (Å²) >= 11 is 0. The van der Waals surface area contributed by atoms with Crippen LogP contribution in [0.4, 0.5) is 5.69 Å². The fourth-order valence-corrected chi connectivity index (χ4v) is 3.26. The van der Waals surface area contributed by atoms with Crippen LogP contribution in [0.25, 0.3) is 0 Å². The Labute approximate surface area is 144 Å². The molecule has 0 saturated heterocycles. The highest BCUT2D eigenvalue weighted by molar-refractivity contribution is 6.09. The lowest BCUT2D eigenvalue weighted by molar-refractivity contribution is 0.0697. The molecule has 0 saturated carbocycles. The molecule has 1 aliphatic rings. The second kappa shape index (κ2) is 5.88. The lowest BCUT2D eigenvalue weighted by Crippen LogP contribution is -2.26. The van der Waals surface area contributed by atoms with Crippen LogP contribution in [0.1, 0.15) is 62.9 Å². The fraction of sp³-hybridized carbons (Fsp3) is 0.316. The molecule has 2 aromatic rings. The van der Waals surface area contributed by atoms with Crippen molar-refractivity contribution in [1.82, 2.24) is 0 Å². The van der Waals surface area contributed by atoms with Gasteiger partial charge in [-0.15, -0.1) is 0 Å². The Hall–Kier alpha value is -2.89. The van der Waals surface area contributed by atoms with Gasteiger partial charge in [0.1, 0.15) is 5.76 Å². The topological polar surface area (TPSA) is 96.6 Å². The summed E-state index contributed by atoms with van der Waals surface area (Å²) in [7, 11) is 0. The number of furan rings is 1. The molecule has 1 aromatic heterocycles. The standard InChI is InChI=1S/C19H19NO5/c1-10-15-13(21)8-19(2,3)9-14(15)25-16(10)17(22)20-12-7-5-4-6-11(12)18(23)24/h4-7H,8-9H2,1-3H3,(H,20,22)(H,23,24). The van der Waals surface area contributed by atoms with E-state index in [1.165, 1.54) is 12.1 Å². The highest BCUT2D eigenvalue weighted by atomic mass is 16.4. The quantitative estimate of drug-likeness (QED) is 0.887. The number of para-hydroxylation sites is 1. The van der Waals surface area contributed by atoms with Gasteiger partial charge in [-0.2, -0.15) is 0 Å². The smallest absolute Gasteiger partial charge is 0.337 e. The van der Waals surface area contributed by atoms with Gasteiger partial charge in [-0.05, 0) is 24.5 Å². The molecule has 0 bridgehead atoms. The number of rotatable bonds is 3. The molecule has 2 N–H and O–H groups in total. The number of Topliss-reactive ketones (excluding diaryl/α,β-unsaturated/α-hetero) is 1. The van der Waals surface area contributed by atoms with Gasteiger partial charge in [0, 0.05) is 18.4 Å². The van der Waals surface area contributed by atoms with Crippen molar-refractivity contribution in [3.63, 3.8) is 0 Å². The van der Waals surface area contributed by atoms with E-state index in [-0.39, 0.29) is 28.2 Å². The minimum Gasteiger partial charge on any atom is -0.478 e. The van der Waals surface area contributed by atoms with Gasteiger partial charge >= 0.3 is 5.97 Å². The van der Waals surface area contributed by atoms with Crippen LogP contribution in [0.2, 0.25) is 0 Å². The van der Waals surface area contributed by atoms with Gasteiger partial charge in [0.25, 0.3) is 5.91 Å². The maximum Gasteiger partial charge on any atom is 0.337 e. The van der Waals surface area contributed by atoms with E-state index in [1.54, 1.807) is 19.1 Å². The number of aromatic carboxylic acids is 1. The molecule has 0 aliphatic heterocycles. The van der Waals surface area contributed by atoms with E-state index in [0.717, 1.165) is 0 Å². The summed E-state index contributed by atoms with van der Waals surface area (Å²) in [5.41, 5.74) is 0.942. The number of hydrogen-bond donors (Lipinski definition) is 2. The second-order valence-electron chi connectivity index (χ2n) is 7.10. The van der Waals surface area contributed by atoms with E-state index < -0.39 is 11.9 Å². The van der Waals surface area contributed by atoms with Crippen LogP contribution in [0.15, 0.2) is 28.7 Å². The fourth-order valence-electron chi connectivity index (χ4n) is 3.26. The highest BCUT2D eigenvalue weighted by Crippen LogP contribution is 2.38. The van der Waals surface area contributed by atoms with Gasteiger partial charge in [0.15, 0.2) is 11.5 Å². The summed E-state index contributed by atoms with van der Waals surface area (Å²) in [6, 6.07) is 6.13. The first-order valence-electron chi connectivity index (χ1n) is 7.99. The normalized spacial score (nSPS) is 15.6. The summed E-state index contributed by atoms with van der Waals surface area (Å²) < 4.78 is 5.70. The summed E-state index contributed by atoms with van der Waals surface area (Å²) in [6.45, 7) is 5.64. The van der Waals surface area contributed by atoms with Crippen LogP contribution >= 0.6 is 0 Å². The molecule has 0 atom stereocenters. The average Bonchev–Trinajstić information content (AvgIpc) is 2.83. The minimum atomic E-state index is -1.14. The third-order valence-corrected chi connectivity index (χ3v) is 4.39. The van der Waals surface area contributed by atoms with Gasteiger partial charge in [-0.3, -0.25) is 9.59 Å². The first kappa shape index (κ1) is 17.0. The summed E-state index contributed by atoms with van der Waals surface area (Å²) in [6.07, 6.45) is 0.983. The Bertz CT molecular complexity index is 891. The van der Waals surface area contributed by atoms with Gasteiger partial charge in [0.2, 0.25) is 0 Å². The molecule has 0 fully saturated rings. The average molecular weight is 341 g/mol. The number of ketones is 1. The molecule has 0 spiro atoms. The lowest BCUT2D eigenvalue weighted by atomic mass is 9.76. The molecule has 130 valence electrons. The van der Waals surface area contributed by atoms with Crippen molar-refractivity contribution in [2.24, 2.45) is 5.41 Å². The van der Waals surface area contributed by atoms with Crippen LogP contribution in [-0.2, 0) is 6.42 Å². The lowest BCUT2D eigenvalue weighted by Gasteiger charge is -2.27. The molecule has 0 radical (unpaired) electrons. The Kier molecular flexibility index (Phi) is 3.99. The van der Waals surface area contributed by atoms with Crippen molar-refractivity contribution in [3.05, 3.63) is 52.5 Å². The first-order chi connectivity index (χ1) is 11.7. The van der Waals surface area contributed by atoms with Crippen molar-refractivity contribution in [2.75, 3.05) is 5.32 Å². The second-order valence-corrected chi connectivity index (χ2v) is 7.10. The SMILES string of the molecule is Cc1c(C(=O)Nc2ccccc2C(=O)O)oc2c1C(=O)CC(C)(C)C2. The molecular formula is C19H19NO5. The molecule has 0 unspecified atom stereocenters. The third-order valence-electron chi connectivity index (χ3n) is 4.39. The van der Waals surface area contributed by atoms with E-state index >= 15 is 0 Å². The monoisotopic (exact) mass is 341 g/mol. The Morgan fingerprint density at radius 3 is 2.56 bits per heavy atom. The predicted octanol–water partition coefficient (Wildman–Crippen LogP) is 3.69. The summed E-state index contributed by atoms with van der Waals surface area (Å²) in [4.78, 5) is 36.2. The maximum atomic E-state index is 12.6. The molecule has 25 heavy (non-hydrogen) atoms. The van der Waals surface area contributed by atoms with E-state index in [0.29, 0.717) is 29.7 Å². The van der Waals surface area contributed by atoms with Crippen LogP contribution in [0.3, 0.4) is 0 Å². The minimum absolute atomic E-state index is 0.0120. The predicted molar refractivity (Wildman–Crippen MR) is 91.2 cm³/mol. The molecular weight excluding hydrogens is 322 g/mol. The number of hydrogen-bond acceptors (Lipinski definition) is 4. The summed E-state index contributed by atoms with van der Waals surface area (Å²) in [5.74, 6) is -1.15. The highest BCUT2D eigenvalue weighted by Gasteiger charge is 2.37. The van der Waals surface area contributed by atoms with Crippen molar-refractivity contribution in [3.8, 4) is 0 Å². The largest absolute Gasteiger partial charge is 0.478 e. The number of benzene rings is 1. The van der Waals surface area contributed by atoms with E-state index in [4.69, 9.17) is 4.42 Å². The van der Waals surface area contributed by atoms with Crippen LogP contribution < -0.4 is 5.32 Å². The number of fused-ring (bicyclic) bond motifs is 1. The molecule has 1 aromatic carbocycles. The van der Waals surface area contributed by atoms with Crippen molar-refractivity contribution in [1.29, 1.82) is 0 Å². The zero-order valence-corrected chi connectivity index (χ0v) is 14.3. The third kappa shape index (κ3) is 3.07. The molecule has 1 aliphatic carbocycles. The van der Waals surface area contributed by atoms with E-state index in [2.05, 4.69) is 5.32 Å². The maximum absolute atomic E-state index is 12.6. The van der Waals surface area contributed by atoms with Crippen molar-refractivity contribution >= 4 is 23.3 Å². The Morgan fingerprint density at radius 2 is 1.88 bits per heavy atom. The molecule has 6 heteroatoms. The van der Waals surface area contributed by atoms with Gasteiger partial charge < -0.3 is 14.8 Å². The molecule has 6 nitrogen and oxygen atoms in total. The number of carbonyl (C=O) groups excluding carboxylic acids is 2. The number of carboxylic acids is 1. The zero-order chi connectivity index (χ0) is 18.4. The van der Waals surface area contributed by atoms with E-state index in [9.17, 15) is 19.5 Å². The first-order valence-corrected chi connectivity index (χ1v) is 7.99. The molecule has 3 rings (SSSR count). The van der Waals surface area contributed by atoms with Gasteiger partial charge in [-0.1, -0.05) is 26.0 Å². The summed E-state index contributed by atoms with van der Waals surface area (Å²) in [5, 5.41) is 11.8. The molecule has 1 amide bonds. The molecule has 1 heterocycles. The number of anilines is 1. The Morgan fingerprint density at radius 1 is 1.20 bits per heavy atom. The van der Waals surface area contributed by atoms with Crippen molar-refractivity contribution in [2.45, 2.75) is 33.6 Å².